The lowest BCUT2D eigenvalue weighted by molar-refractivity contribution is -0.133. The van der Waals surface area contributed by atoms with Gasteiger partial charge in [-0.1, -0.05) is 29.3 Å². The summed E-state index contributed by atoms with van der Waals surface area (Å²) in [6, 6.07) is 8.52. The SMILES string of the molecule is Cc1cc(C)c(NC(=O)C(=O)Nc2ccc(N)cc2Cl)c(C)c1. The molecule has 0 aliphatic carbocycles. The van der Waals surface area contributed by atoms with Crippen LogP contribution in [-0.4, -0.2) is 11.8 Å². The van der Waals surface area contributed by atoms with E-state index in [1.165, 1.54) is 6.07 Å². The van der Waals surface area contributed by atoms with Crippen LogP contribution in [0.25, 0.3) is 0 Å². The quantitative estimate of drug-likeness (QED) is 0.582. The number of nitrogens with one attached hydrogen (secondary N) is 2. The largest absolute Gasteiger partial charge is 0.399 e. The van der Waals surface area contributed by atoms with E-state index in [1.807, 2.05) is 32.9 Å². The van der Waals surface area contributed by atoms with E-state index in [9.17, 15) is 9.59 Å². The van der Waals surface area contributed by atoms with Crippen LogP contribution in [0.1, 0.15) is 16.7 Å². The number of hydrogen-bond donors (Lipinski definition) is 3. The van der Waals surface area contributed by atoms with Gasteiger partial charge < -0.3 is 16.4 Å². The lowest BCUT2D eigenvalue weighted by Gasteiger charge is -2.13. The van der Waals surface area contributed by atoms with E-state index in [0.29, 0.717) is 17.1 Å². The molecule has 120 valence electrons. The third-order valence-electron chi connectivity index (χ3n) is 3.36. The summed E-state index contributed by atoms with van der Waals surface area (Å²) in [7, 11) is 0. The summed E-state index contributed by atoms with van der Waals surface area (Å²) in [5, 5.41) is 5.38. The Hall–Kier alpha value is -2.53. The minimum absolute atomic E-state index is 0.272. The van der Waals surface area contributed by atoms with Crippen molar-refractivity contribution in [3.05, 3.63) is 52.0 Å². The maximum atomic E-state index is 12.1. The van der Waals surface area contributed by atoms with Gasteiger partial charge in [-0.2, -0.15) is 0 Å². The number of amides is 2. The van der Waals surface area contributed by atoms with Crippen molar-refractivity contribution >= 4 is 40.5 Å². The molecule has 2 amide bonds. The minimum Gasteiger partial charge on any atom is -0.399 e. The molecule has 0 fully saturated rings. The second-order valence-electron chi connectivity index (χ2n) is 5.42. The highest BCUT2D eigenvalue weighted by atomic mass is 35.5. The Morgan fingerprint density at radius 3 is 2.09 bits per heavy atom. The molecule has 0 atom stereocenters. The maximum absolute atomic E-state index is 12.1. The molecule has 2 rings (SSSR count). The fraction of sp³-hybridized carbons (Fsp3) is 0.176. The second-order valence-corrected chi connectivity index (χ2v) is 5.83. The van der Waals surface area contributed by atoms with Gasteiger partial charge in [0, 0.05) is 11.4 Å². The number of hydrogen-bond acceptors (Lipinski definition) is 3. The molecule has 2 aromatic rings. The van der Waals surface area contributed by atoms with Gasteiger partial charge in [0.25, 0.3) is 0 Å². The first kappa shape index (κ1) is 16.8. The molecule has 0 aliphatic heterocycles. The average Bonchev–Trinajstić information content (AvgIpc) is 2.45. The molecule has 23 heavy (non-hydrogen) atoms. The molecule has 0 spiro atoms. The molecule has 0 aliphatic rings. The molecule has 2 aromatic carbocycles. The van der Waals surface area contributed by atoms with Crippen LogP contribution < -0.4 is 16.4 Å². The van der Waals surface area contributed by atoms with Crippen molar-refractivity contribution in [2.24, 2.45) is 0 Å². The number of rotatable bonds is 2. The van der Waals surface area contributed by atoms with Crippen LogP contribution in [0.2, 0.25) is 5.02 Å². The van der Waals surface area contributed by atoms with Gasteiger partial charge in [0.15, 0.2) is 0 Å². The number of carbonyl (C=O) groups excluding carboxylic acids is 2. The van der Waals surface area contributed by atoms with Gasteiger partial charge in [-0.3, -0.25) is 9.59 Å². The molecular weight excluding hydrogens is 314 g/mol. The Labute approximate surface area is 139 Å². The van der Waals surface area contributed by atoms with Gasteiger partial charge in [-0.05, 0) is 50.1 Å². The standard InChI is InChI=1S/C17H18ClN3O2/c1-9-6-10(2)15(11(3)7-9)21-17(23)16(22)20-14-5-4-12(19)8-13(14)18/h4-8H,19H2,1-3H3,(H,20,22)(H,21,23). The van der Waals surface area contributed by atoms with Gasteiger partial charge >= 0.3 is 11.8 Å². The first-order valence-corrected chi connectivity index (χ1v) is 7.41. The van der Waals surface area contributed by atoms with Crippen LogP contribution in [0.15, 0.2) is 30.3 Å². The van der Waals surface area contributed by atoms with E-state index in [0.717, 1.165) is 16.7 Å². The topological polar surface area (TPSA) is 84.2 Å². The van der Waals surface area contributed by atoms with Crippen molar-refractivity contribution in [1.82, 2.24) is 0 Å². The number of halogens is 1. The summed E-state index contributed by atoms with van der Waals surface area (Å²) in [4.78, 5) is 24.1. The summed E-state index contributed by atoms with van der Waals surface area (Å²) in [5.41, 5.74) is 9.92. The monoisotopic (exact) mass is 331 g/mol. The van der Waals surface area contributed by atoms with Crippen molar-refractivity contribution in [1.29, 1.82) is 0 Å². The van der Waals surface area contributed by atoms with Gasteiger partial charge in [0.2, 0.25) is 0 Å². The van der Waals surface area contributed by atoms with E-state index in [-0.39, 0.29) is 5.02 Å². The maximum Gasteiger partial charge on any atom is 0.314 e. The highest BCUT2D eigenvalue weighted by molar-refractivity contribution is 6.45. The Morgan fingerprint density at radius 1 is 0.957 bits per heavy atom. The minimum atomic E-state index is -0.795. The molecule has 0 saturated carbocycles. The Morgan fingerprint density at radius 2 is 1.52 bits per heavy atom. The Balaban J connectivity index is 2.13. The van der Waals surface area contributed by atoms with E-state index < -0.39 is 11.8 Å². The third kappa shape index (κ3) is 4.02. The normalized spacial score (nSPS) is 10.3. The number of nitrogen functional groups attached to an aromatic ring is 1. The number of carbonyl (C=O) groups is 2. The van der Waals surface area contributed by atoms with Gasteiger partial charge in [-0.25, -0.2) is 0 Å². The van der Waals surface area contributed by atoms with E-state index in [4.69, 9.17) is 17.3 Å². The molecule has 4 N–H and O–H groups in total. The highest BCUT2D eigenvalue weighted by Gasteiger charge is 2.17. The smallest absolute Gasteiger partial charge is 0.314 e. The van der Waals surface area contributed by atoms with Gasteiger partial charge in [-0.15, -0.1) is 0 Å². The zero-order valence-corrected chi connectivity index (χ0v) is 13.9. The number of benzene rings is 2. The van der Waals surface area contributed by atoms with Crippen LogP contribution in [-0.2, 0) is 9.59 Å². The van der Waals surface area contributed by atoms with Crippen LogP contribution in [0, 0.1) is 20.8 Å². The van der Waals surface area contributed by atoms with Crippen LogP contribution in [0.4, 0.5) is 17.1 Å². The average molecular weight is 332 g/mol. The second kappa shape index (κ2) is 6.71. The molecule has 0 saturated heterocycles. The molecule has 5 nitrogen and oxygen atoms in total. The van der Waals surface area contributed by atoms with Crippen LogP contribution in [0.5, 0.6) is 0 Å². The molecule has 0 aromatic heterocycles. The summed E-state index contributed by atoms with van der Waals surface area (Å²) in [5.74, 6) is -1.55. The van der Waals surface area contributed by atoms with E-state index in [2.05, 4.69) is 10.6 Å². The predicted molar refractivity (Wildman–Crippen MR) is 93.8 cm³/mol. The summed E-state index contributed by atoms with van der Waals surface area (Å²) in [6.07, 6.45) is 0. The van der Waals surface area contributed by atoms with Crippen molar-refractivity contribution in [2.45, 2.75) is 20.8 Å². The van der Waals surface area contributed by atoms with E-state index >= 15 is 0 Å². The molecule has 6 heteroatoms. The van der Waals surface area contributed by atoms with Crippen LogP contribution in [0.3, 0.4) is 0 Å². The third-order valence-corrected chi connectivity index (χ3v) is 3.68. The van der Waals surface area contributed by atoms with Crippen molar-refractivity contribution in [2.75, 3.05) is 16.4 Å². The number of anilines is 3. The fourth-order valence-electron chi connectivity index (χ4n) is 2.36. The highest BCUT2D eigenvalue weighted by Crippen LogP contribution is 2.25. The first-order chi connectivity index (χ1) is 10.8. The fourth-order valence-corrected chi connectivity index (χ4v) is 2.60. The predicted octanol–water partition coefficient (Wildman–Crippen LogP) is 3.42. The number of aryl methyl sites for hydroxylation is 3. The zero-order chi connectivity index (χ0) is 17.1. The summed E-state index contributed by atoms with van der Waals surface area (Å²) < 4.78 is 0. The Kier molecular flexibility index (Phi) is 4.91. The first-order valence-electron chi connectivity index (χ1n) is 7.03. The molecule has 0 unspecified atom stereocenters. The Bertz CT molecular complexity index is 764. The van der Waals surface area contributed by atoms with Crippen LogP contribution >= 0.6 is 11.6 Å². The molecule has 0 bridgehead atoms. The molecule has 0 heterocycles. The van der Waals surface area contributed by atoms with Gasteiger partial charge in [0.05, 0.1) is 10.7 Å². The van der Waals surface area contributed by atoms with Crippen molar-refractivity contribution in [3.8, 4) is 0 Å². The summed E-state index contributed by atoms with van der Waals surface area (Å²) >= 11 is 5.98. The van der Waals surface area contributed by atoms with Crippen molar-refractivity contribution < 1.29 is 9.59 Å². The zero-order valence-electron chi connectivity index (χ0n) is 13.2. The summed E-state index contributed by atoms with van der Waals surface area (Å²) in [6.45, 7) is 5.73. The van der Waals surface area contributed by atoms with Crippen molar-refractivity contribution in [3.63, 3.8) is 0 Å². The van der Waals surface area contributed by atoms with Gasteiger partial charge in [0.1, 0.15) is 0 Å². The molecule has 0 radical (unpaired) electrons. The lowest BCUT2D eigenvalue weighted by Crippen LogP contribution is -2.29. The number of nitrogens with two attached hydrogens (primary N) is 1. The molecular formula is C17H18ClN3O2. The lowest BCUT2D eigenvalue weighted by atomic mass is 10.1. The van der Waals surface area contributed by atoms with E-state index in [1.54, 1.807) is 12.1 Å².